The third-order valence-electron chi connectivity index (χ3n) is 4.17. The number of nitrogens with zero attached hydrogens (tertiary/aromatic N) is 2. The molecule has 0 saturated carbocycles. The minimum Gasteiger partial charge on any atom is -0.367 e. The molecule has 2 N–H and O–H groups in total. The minimum atomic E-state index is 0. The number of carbonyl (C=O) groups is 1. The van der Waals surface area contributed by atoms with Crippen molar-refractivity contribution in [2.24, 2.45) is 0 Å². The summed E-state index contributed by atoms with van der Waals surface area (Å²) in [7, 11) is 0. The van der Waals surface area contributed by atoms with E-state index in [1.54, 1.807) is 11.3 Å². The molecule has 22 heavy (non-hydrogen) atoms. The molecule has 0 bridgehead atoms. The van der Waals surface area contributed by atoms with E-state index in [0.29, 0.717) is 18.2 Å². The molecular weight excluding hydrogens is 322 g/mol. The molecule has 3 rings (SSSR count). The van der Waals surface area contributed by atoms with Crippen LogP contribution in [0.2, 0.25) is 0 Å². The number of thiophene rings is 1. The summed E-state index contributed by atoms with van der Waals surface area (Å²) in [6.07, 6.45) is 2.34. The van der Waals surface area contributed by atoms with Crippen LogP contribution in [0.15, 0.2) is 21.3 Å². The molecule has 0 unspecified atom stereocenters. The summed E-state index contributed by atoms with van der Waals surface area (Å²) in [5, 5.41) is 8.11. The Labute approximate surface area is 139 Å². The van der Waals surface area contributed by atoms with Gasteiger partial charge in [0.05, 0.1) is 12.1 Å². The largest absolute Gasteiger partial charge is 0.367 e. The van der Waals surface area contributed by atoms with Crippen LogP contribution in [0.5, 0.6) is 0 Å². The number of carbonyl (C=O) groups excluding carboxylic acids is 1. The normalized spacial score (nSPS) is 15.6. The Bertz CT molecular complexity index is 619. The fourth-order valence-corrected chi connectivity index (χ4v) is 3.49. The Morgan fingerprint density at radius 3 is 2.77 bits per heavy atom. The van der Waals surface area contributed by atoms with Gasteiger partial charge in [-0.3, -0.25) is 4.79 Å². The number of amides is 1. The SMILES string of the molecule is Cc1c(C2CCN(C(=O)Cc3ccsc3)CC2)noc1N.Cl. The van der Waals surface area contributed by atoms with Crippen LogP contribution in [0.25, 0.3) is 0 Å². The summed E-state index contributed by atoms with van der Waals surface area (Å²) in [5.41, 5.74) is 8.71. The van der Waals surface area contributed by atoms with Crippen molar-refractivity contribution in [2.75, 3.05) is 18.8 Å². The van der Waals surface area contributed by atoms with Crippen molar-refractivity contribution in [2.45, 2.75) is 32.1 Å². The lowest BCUT2D eigenvalue weighted by atomic mass is 9.91. The maximum absolute atomic E-state index is 12.3. The van der Waals surface area contributed by atoms with E-state index in [2.05, 4.69) is 5.16 Å². The zero-order valence-electron chi connectivity index (χ0n) is 12.4. The molecule has 2 aromatic heterocycles. The van der Waals surface area contributed by atoms with E-state index in [0.717, 1.165) is 42.8 Å². The van der Waals surface area contributed by atoms with Crippen LogP contribution >= 0.6 is 23.7 Å². The molecule has 3 heterocycles. The molecule has 0 atom stereocenters. The monoisotopic (exact) mass is 341 g/mol. The Kier molecular flexibility index (Phi) is 5.47. The summed E-state index contributed by atoms with van der Waals surface area (Å²) in [5.74, 6) is 0.959. The van der Waals surface area contributed by atoms with Gasteiger partial charge in [-0.2, -0.15) is 11.3 Å². The molecular formula is C15H20ClN3O2S. The summed E-state index contributed by atoms with van der Waals surface area (Å²) < 4.78 is 5.04. The van der Waals surface area contributed by atoms with E-state index in [-0.39, 0.29) is 18.3 Å². The number of hydrogen-bond donors (Lipinski definition) is 1. The van der Waals surface area contributed by atoms with Gasteiger partial charge in [-0.1, -0.05) is 5.16 Å². The molecule has 0 radical (unpaired) electrons. The second-order valence-electron chi connectivity index (χ2n) is 5.52. The number of hydrogen-bond acceptors (Lipinski definition) is 5. The van der Waals surface area contributed by atoms with Gasteiger partial charge >= 0.3 is 0 Å². The van der Waals surface area contributed by atoms with E-state index in [4.69, 9.17) is 10.3 Å². The molecule has 0 aliphatic carbocycles. The quantitative estimate of drug-likeness (QED) is 0.931. The number of nitrogen functional groups attached to an aromatic ring is 1. The number of nitrogens with two attached hydrogens (primary N) is 1. The van der Waals surface area contributed by atoms with Crippen LogP contribution < -0.4 is 5.73 Å². The smallest absolute Gasteiger partial charge is 0.227 e. The number of halogens is 1. The first-order valence-corrected chi connectivity index (χ1v) is 8.10. The van der Waals surface area contributed by atoms with Gasteiger partial charge in [0.2, 0.25) is 11.8 Å². The van der Waals surface area contributed by atoms with Gasteiger partial charge < -0.3 is 15.2 Å². The van der Waals surface area contributed by atoms with Gasteiger partial charge in [0.15, 0.2) is 0 Å². The zero-order chi connectivity index (χ0) is 14.8. The molecule has 7 heteroatoms. The van der Waals surface area contributed by atoms with Crippen molar-refractivity contribution < 1.29 is 9.32 Å². The maximum Gasteiger partial charge on any atom is 0.227 e. The molecule has 0 aromatic carbocycles. The first-order valence-electron chi connectivity index (χ1n) is 7.15. The first-order chi connectivity index (χ1) is 10.1. The Morgan fingerprint density at radius 1 is 1.50 bits per heavy atom. The number of likely N-dealkylation sites (tertiary alicyclic amines) is 1. The van der Waals surface area contributed by atoms with Crippen molar-refractivity contribution in [3.05, 3.63) is 33.6 Å². The molecule has 2 aromatic rings. The van der Waals surface area contributed by atoms with Gasteiger partial charge in [0.25, 0.3) is 0 Å². The number of aromatic nitrogens is 1. The van der Waals surface area contributed by atoms with Crippen LogP contribution in [0.1, 0.15) is 35.6 Å². The van der Waals surface area contributed by atoms with Crippen molar-refractivity contribution in [3.8, 4) is 0 Å². The molecule has 1 aliphatic heterocycles. The van der Waals surface area contributed by atoms with Crippen molar-refractivity contribution in [1.82, 2.24) is 10.1 Å². The van der Waals surface area contributed by atoms with Crippen molar-refractivity contribution in [1.29, 1.82) is 0 Å². The van der Waals surface area contributed by atoms with Crippen molar-refractivity contribution >= 4 is 35.5 Å². The van der Waals surface area contributed by atoms with Gasteiger partial charge in [0, 0.05) is 24.6 Å². The van der Waals surface area contributed by atoms with Gasteiger partial charge in [0.1, 0.15) is 0 Å². The van der Waals surface area contributed by atoms with E-state index >= 15 is 0 Å². The van der Waals surface area contributed by atoms with E-state index in [9.17, 15) is 4.79 Å². The highest BCUT2D eigenvalue weighted by atomic mass is 35.5. The predicted octanol–water partition coefficient (Wildman–Crippen LogP) is 3.00. The molecule has 0 spiro atoms. The maximum atomic E-state index is 12.3. The zero-order valence-corrected chi connectivity index (χ0v) is 14.1. The molecule has 5 nitrogen and oxygen atoms in total. The van der Waals surface area contributed by atoms with Crippen molar-refractivity contribution in [3.63, 3.8) is 0 Å². The van der Waals surface area contributed by atoms with Crippen LogP contribution in [0, 0.1) is 6.92 Å². The summed E-state index contributed by atoms with van der Waals surface area (Å²) in [6, 6.07) is 2.01. The summed E-state index contributed by atoms with van der Waals surface area (Å²) in [4.78, 5) is 14.2. The number of piperidine rings is 1. The first kappa shape index (κ1) is 16.8. The number of anilines is 1. The lowest BCUT2D eigenvalue weighted by Gasteiger charge is -2.31. The lowest BCUT2D eigenvalue weighted by molar-refractivity contribution is -0.131. The highest BCUT2D eigenvalue weighted by Crippen LogP contribution is 2.31. The number of rotatable bonds is 3. The second kappa shape index (κ2) is 7.15. The van der Waals surface area contributed by atoms with E-state index < -0.39 is 0 Å². The van der Waals surface area contributed by atoms with Crippen LogP contribution in [-0.4, -0.2) is 29.1 Å². The summed E-state index contributed by atoms with van der Waals surface area (Å²) >= 11 is 1.63. The van der Waals surface area contributed by atoms with Gasteiger partial charge in [-0.05, 0) is 42.2 Å². The lowest BCUT2D eigenvalue weighted by Crippen LogP contribution is -2.38. The fraction of sp³-hybridized carbons (Fsp3) is 0.467. The van der Waals surface area contributed by atoms with Gasteiger partial charge in [-0.15, -0.1) is 12.4 Å². The topological polar surface area (TPSA) is 72.4 Å². The third kappa shape index (κ3) is 3.44. The van der Waals surface area contributed by atoms with E-state index in [1.165, 1.54) is 0 Å². The average molecular weight is 342 g/mol. The van der Waals surface area contributed by atoms with Crippen LogP contribution in [0.4, 0.5) is 5.88 Å². The molecule has 1 saturated heterocycles. The molecule has 120 valence electrons. The van der Waals surface area contributed by atoms with Gasteiger partial charge in [-0.25, -0.2) is 0 Å². The highest BCUT2D eigenvalue weighted by Gasteiger charge is 2.27. The fourth-order valence-electron chi connectivity index (χ4n) is 2.82. The van der Waals surface area contributed by atoms with Crippen LogP contribution in [-0.2, 0) is 11.2 Å². The predicted molar refractivity (Wildman–Crippen MR) is 89.5 cm³/mol. The minimum absolute atomic E-state index is 0. The summed E-state index contributed by atoms with van der Waals surface area (Å²) in [6.45, 7) is 3.49. The Morgan fingerprint density at radius 2 is 2.23 bits per heavy atom. The Hall–Kier alpha value is -1.53. The average Bonchev–Trinajstić information content (AvgIpc) is 3.11. The molecule has 1 amide bonds. The molecule has 1 fully saturated rings. The molecule has 1 aliphatic rings. The standard InChI is InChI=1S/C15H19N3O2S.ClH/c1-10-14(17-20-15(10)16)12-2-5-18(6-3-12)13(19)8-11-4-7-21-9-11;/h4,7,9,12H,2-3,5-6,8,16H2,1H3;1H. The van der Waals surface area contributed by atoms with Crippen LogP contribution in [0.3, 0.4) is 0 Å². The highest BCUT2D eigenvalue weighted by molar-refractivity contribution is 7.07. The van der Waals surface area contributed by atoms with E-state index in [1.807, 2.05) is 28.7 Å². The second-order valence-corrected chi connectivity index (χ2v) is 6.30. The Balaban J connectivity index is 0.00000176. The third-order valence-corrected chi connectivity index (χ3v) is 4.90.